The Bertz CT molecular complexity index is 322. The van der Waals surface area contributed by atoms with Gasteiger partial charge in [0.05, 0.1) is 10.5 Å². The quantitative estimate of drug-likeness (QED) is 0.862. The molecule has 1 rings (SSSR count). The first-order valence-corrected chi connectivity index (χ1v) is 8.79. The predicted octanol–water partition coefficient (Wildman–Crippen LogP) is 3.15. The second kappa shape index (κ2) is 6.90. The van der Waals surface area contributed by atoms with Crippen molar-refractivity contribution in [3.05, 3.63) is 0 Å². The lowest BCUT2D eigenvalue weighted by atomic mass is 9.83. The smallest absolute Gasteiger partial charge is 0.156 e. The van der Waals surface area contributed by atoms with Crippen molar-refractivity contribution in [1.82, 2.24) is 5.32 Å². The van der Waals surface area contributed by atoms with Crippen LogP contribution in [-0.4, -0.2) is 31.5 Å². The highest BCUT2D eigenvalue weighted by atomic mass is 32.2. The van der Waals surface area contributed by atoms with Crippen LogP contribution in [0.2, 0.25) is 0 Å². The van der Waals surface area contributed by atoms with Crippen LogP contribution >= 0.6 is 0 Å². The zero-order valence-electron chi connectivity index (χ0n) is 13.0. The maximum atomic E-state index is 12.2. The van der Waals surface area contributed by atoms with Crippen molar-refractivity contribution in [1.29, 1.82) is 0 Å². The van der Waals surface area contributed by atoms with Gasteiger partial charge >= 0.3 is 0 Å². The molecule has 0 aromatic carbocycles. The molecule has 0 amide bonds. The molecule has 0 atom stereocenters. The first kappa shape index (κ1) is 17.9. The fraction of sp³-hybridized carbons (Fsp3) is 1.00. The molecule has 110 valence electrons. The lowest BCUT2D eigenvalue weighted by Gasteiger charge is -2.38. The van der Waals surface area contributed by atoms with E-state index in [0.29, 0.717) is 0 Å². The minimum atomic E-state index is -3.03. The minimum absolute atomic E-state index is 0.176. The molecule has 0 aromatic heterocycles. The summed E-state index contributed by atoms with van der Waals surface area (Å²) in [7, 11) is -1.14. The molecular formula is C14H31NO2S. The maximum absolute atomic E-state index is 12.2. The van der Waals surface area contributed by atoms with Gasteiger partial charge in [0.15, 0.2) is 9.84 Å². The standard InChI is InChI=1S/C12H25NO2S.C2H6/c1-11(2,3)16(14,15)10-12(13-4)8-6-5-7-9-12;1-2/h13H,5-10H2,1-4H3;1-2H3. The van der Waals surface area contributed by atoms with E-state index >= 15 is 0 Å². The molecule has 18 heavy (non-hydrogen) atoms. The molecule has 4 heteroatoms. The van der Waals surface area contributed by atoms with E-state index in [1.807, 2.05) is 20.9 Å². The van der Waals surface area contributed by atoms with Gasteiger partial charge in [0.1, 0.15) is 0 Å². The van der Waals surface area contributed by atoms with Crippen molar-refractivity contribution in [2.45, 2.75) is 77.0 Å². The molecule has 0 heterocycles. The van der Waals surface area contributed by atoms with Gasteiger partial charge in [-0.2, -0.15) is 0 Å². The normalized spacial score (nSPS) is 19.9. The second-order valence-corrected chi connectivity index (χ2v) is 8.71. The van der Waals surface area contributed by atoms with E-state index in [9.17, 15) is 8.42 Å². The first-order chi connectivity index (χ1) is 8.22. The van der Waals surface area contributed by atoms with Gasteiger partial charge in [-0.25, -0.2) is 8.42 Å². The van der Waals surface area contributed by atoms with Crippen LogP contribution in [-0.2, 0) is 9.84 Å². The predicted molar refractivity (Wildman–Crippen MR) is 79.8 cm³/mol. The third kappa shape index (κ3) is 4.54. The van der Waals surface area contributed by atoms with E-state index in [4.69, 9.17) is 0 Å². The van der Waals surface area contributed by atoms with Gasteiger partial charge in [-0.1, -0.05) is 33.1 Å². The molecular weight excluding hydrogens is 246 g/mol. The van der Waals surface area contributed by atoms with Crippen LogP contribution in [0.15, 0.2) is 0 Å². The average Bonchev–Trinajstić information content (AvgIpc) is 2.31. The zero-order valence-corrected chi connectivity index (χ0v) is 13.8. The fourth-order valence-corrected chi connectivity index (χ4v) is 3.87. The van der Waals surface area contributed by atoms with Crippen LogP contribution in [0, 0.1) is 0 Å². The monoisotopic (exact) mass is 277 g/mol. The molecule has 1 aliphatic carbocycles. The lowest BCUT2D eigenvalue weighted by Crippen LogP contribution is -2.52. The molecule has 3 nitrogen and oxygen atoms in total. The molecule has 0 bridgehead atoms. The van der Waals surface area contributed by atoms with Gasteiger partial charge in [-0.3, -0.25) is 0 Å². The Hall–Kier alpha value is -0.0900. The number of hydrogen-bond donors (Lipinski definition) is 1. The first-order valence-electron chi connectivity index (χ1n) is 7.14. The largest absolute Gasteiger partial charge is 0.313 e. The minimum Gasteiger partial charge on any atom is -0.313 e. The molecule has 0 spiro atoms. The Morgan fingerprint density at radius 3 is 1.83 bits per heavy atom. The van der Waals surface area contributed by atoms with Gasteiger partial charge < -0.3 is 5.32 Å². The molecule has 0 radical (unpaired) electrons. The van der Waals surface area contributed by atoms with Crippen molar-refractivity contribution in [2.75, 3.05) is 12.8 Å². The highest BCUT2D eigenvalue weighted by Crippen LogP contribution is 2.31. The molecule has 0 saturated heterocycles. The summed E-state index contributed by atoms with van der Waals surface area (Å²) < 4.78 is 23.8. The summed E-state index contributed by atoms with van der Waals surface area (Å²) in [5.41, 5.74) is -0.176. The van der Waals surface area contributed by atoms with Crippen LogP contribution in [0.4, 0.5) is 0 Å². The number of nitrogens with one attached hydrogen (secondary N) is 1. The van der Waals surface area contributed by atoms with Gasteiger partial charge in [-0.05, 0) is 40.7 Å². The third-order valence-electron chi connectivity index (χ3n) is 3.74. The Labute approximate surface area is 114 Å². The van der Waals surface area contributed by atoms with E-state index in [1.165, 1.54) is 6.42 Å². The Morgan fingerprint density at radius 2 is 1.50 bits per heavy atom. The number of rotatable bonds is 3. The van der Waals surface area contributed by atoms with E-state index in [-0.39, 0.29) is 11.3 Å². The van der Waals surface area contributed by atoms with Crippen LogP contribution < -0.4 is 5.32 Å². The Balaban J connectivity index is 0.00000137. The highest BCUT2D eigenvalue weighted by Gasteiger charge is 2.40. The summed E-state index contributed by atoms with van der Waals surface area (Å²) in [4.78, 5) is 0. The van der Waals surface area contributed by atoms with E-state index < -0.39 is 14.6 Å². The van der Waals surface area contributed by atoms with Crippen molar-refractivity contribution in [2.24, 2.45) is 0 Å². The summed E-state index contributed by atoms with van der Waals surface area (Å²) in [5.74, 6) is 0.278. The number of sulfone groups is 1. The summed E-state index contributed by atoms with van der Waals surface area (Å²) in [6, 6.07) is 0. The molecule has 1 N–H and O–H groups in total. The topological polar surface area (TPSA) is 46.2 Å². The third-order valence-corrected chi connectivity index (χ3v) is 6.54. The van der Waals surface area contributed by atoms with Crippen molar-refractivity contribution in [3.63, 3.8) is 0 Å². The zero-order chi connectivity index (χ0) is 14.4. The van der Waals surface area contributed by atoms with Crippen LogP contribution in [0.25, 0.3) is 0 Å². The maximum Gasteiger partial charge on any atom is 0.156 e. The lowest BCUT2D eigenvalue weighted by molar-refractivity contribution is 0.272. The summed E-state index contributed by atoms with van der Waals surface area (Å²) in [6.45, 7) is 9.36. The van der Waals surface area contributed by atoms with Crippen LogP contribution in [0.3, 0.4) is 0 Å². The van der Waals surface area contributed by atoms with Crippen molar-refractivity contribution in [3.8, 4) is 0 Å². The van der Waals surface area contributed by atoms with Gasteiger partial charge in [0, 0.05) is 5.54 Å². The molecule has 1 saturated carbocycles. The molecule has 0 aromatic rings. The van der Waals surface area contributed by atoms with E-state index in [2.05, 4.69) is 5.32 Å². The highest BCUT2D eigenvalue weighted by molar-refractivity contribution is 7.92. The van der Waals surface area contributed by atoms with Crippen molar-refractivity contribution < 1.29 is 8.42 Å². The van der Waals surface area contributed by atoms with Gasteiger partial charge in [0.2, 0.25) is 0 Å². The van der Waals surface area contributed by atoms with Gasteiger partial charge in [-0.15, -0.1) is 0 Å². The van der Waals surface area contributed by atoms with E-state index in [0.717, 1.165) is 25.7 Å². The summed E-state index contributed by atoms with van der Waals surface area (Å²) in [6.07, 6.45) is 5.48. The molecule has 1 aliphatic rings. The Kier molecular flexibility index (Phi) is 6.86. The second-order valence-electron chi connectivity index (χ2n) is 5.96. The number of hydrogen-bond acceptors (Lipinski definition) is 3. The average molecular weight is 277 g/mol. The fourth-order valence-electron chi connectivity index (χ4n) is 2.28. The molecule has 1 fully saturated rings. The molecule has 0 unspecified atom stereocenters. The summed E-state index contributed by atoms with van der Waals surface area (Å²) >= 11 is 0. The Morgan fingerprint density at radius 1 is 1.06 bits per heavy atom. The van der Waals surface area contributed by atoms with Gasteiger partial charge in [0.25, 0.3) is 0 Å². The molecule has 0 aliphatic heterocycles. The van der Waals surface area contributed by atoms with Crippen molar-refractivity contribution >= 4 is 9.84 Å². The van der Waals surface area contributed by atoms with Crippen LogP contribution in [0.5, 0.6) is 0 Å². The SMILES string of the molecule is CC.CNC1(CS(=O)(=O)C(C)(C)C)CCCCC1. The summed E-state index contributed by atoms with van der Waals surface area (Å²) in [5, 5.41) is 3.27. The van der Waals surface area contributed by atoms with Crippen LogP contribution in [0.1, 0.15) is 66.7 Å². The van der Waals surface area contributed by atoms with E-state index in [1.54, 1.807) is 20.8 Å².